The van der Waals surface area contributed by atoms with Crippen LogP contribution in [0.2, 0.25) is 0 Å². The molecule has 26 heavy (non-hydrogen) atoms. The van der Waals surface area contributed by atoms with Crippen LogP contribution in [0.15, 0.2) is 52.5 Å². The van der Waals surface area contributed by atoms with Crippen molar-refractivity contribution in [1.82, 2.24) is 14.9 Å². The molecule has 1 N–H and O–H groups in total. The topological polar surface area (TPSA) is 64.0 Å². The summed E-state index contributed by atoms with van der Waals surface area (Å²) in [4.78, 5) is 4.52. The van der Waals surface area contributed by atoms with Crippen molar-refractivity contribution in [3.63, 3.8) is 0 Å². The molecular weight excluding hydrogens is 370 g/mol. The first kappa shape index (κ1) is 17.5. The van der Waals surface area contributed by atoms with E-state index in [4.69, 9.17) is 0 Å². The summed E-state index contributed by atoms with van der Waals surface area (Å²) >= 11 is 0. The molecule has 0 spiro atoms. The lowest BCUT2D eigenvalue weighted by Crippen LogP contribution is -2.32. The molecular formula is C19H20ClN3O2S. The molecule has 3 aromatic rings. The van der Waals surface area contributed by atoms with E-state index in [1.807, 2.05) is 12.1 Å². The van der Waals surface area contributed by atoms with E-state index >= 15 is 0 Å². The van der Waals surface area contributed by atoms with Gasteiger partial charge in [0.1, 0.15) is 0 Å². The van der Waals surface area contributed by atoms with Crippen molar-refractivity contribution in [2.75, 3.05) is 0 Å². The first-order chi connectivity index (χ1) is 12.1. The number of rotatable bonds is 2. The molecule has 5 nitrogen and oxygen atoms in total. The highest BCUT2D eigenvalue weighted by atomic mass is 35.5. The van der Waals surface area contributed by atoms with Crippen LogP contribution in [-0.4, -0.2) is 24.0 Å². The van der Waals surface area contributed by atoms with Gasteiger partial charge in [-0.2, -0.15) is 0 Å². The third kappa shape index (κ3) is 2.40. The monoisotopic (exact) mass is 389 g/mol. The fraction of sp³-hybridized carbons (Fsp3) is 0.316. The molecule has 0 radical (unpaired) electrons. The largest absolute Gasteiger partial charge is 0.347 e. The third-order valence-electron chi connectivity index (χ3n) is 5.62. The van der Waals surface area contributed by atoms with Gasteiger partial charge in [-0.1, -0.05) is 0 Å². The van der Waals surface area contributed by atoms with Crippen molar-refractivity contribution in [1.29, 1.82) is 0 Å². The van der Waals surface area contributed by atoms with Crippen LogP contribution in [-0.2, 0) is 23.3 Å². The molecule has 2 bridgehead atoms. The second kappa shape index (κ2) is 6.08. The standard InChI is InChI=1S/C19H19N3O2S.ClH/c1-22-17-7-5-13(25(23,24)14-3-2-8-20-11-14)10-15(17)19-16-6-4-12(21-16)9-18(19)22;/h2-3,5,7-8,10-12,16,21H,4,6,9H2,1H3;1H. The Morgan fingerprint density at radius 2 is 2.04 bits per heavy atom. The van der Waals surface area contributed by atoms with Crippen LogP contribution in [0, 0.1) is 0 Å². The third-order valence-corrected chi connectivity index (χ3v) is 7.36. The molecule has 1 aromatic carbocycles. The van der Waals surface area contributed by atoms with Crippen molar-refractivity contribution in [2.45, 2.75) is 41.1 Å². The van der Waals surface area contributed by atoms with Gasteiger partial charge in [0.15, 0.2) is 0 Å². The molecule has 5 rings (SSSR count). The maximum Gasteiger partial charge on any atom is 0.208 e. The van der Waals surface area contributed by atoms with E-state index in [9.17, 15) is 8.42 Å². The highest BCUT2D eigenvalue weighted by Gasteiger charge is 2.36. The normalized spacial score (nSPS) is 21.4. The van der Waals surface area contributed by atoms with Crippen molar-refractivity contribution in [3.05, 3.63) is 54.0 Å². The van der Waals surface area contributed by atoms with Crippen LogP contribution >= 0.6 is 12.4 Å². The number of nitrogens with zero attached hydrogens (tertiary/aromatic N) is 2. The summed E-state index contributed by atoms with van der Waals surface area (Å²) in [5.74, 6) is 0. The molecule has 0 aliphatic carbocycles. The summed E-state index contributed by atoms with van der Waals surface area (Å²) in [7, 11) is -1.47. The molecule has 2 aromatic heterocycles. The van der Waals surface area contributed by atoms with E-state index in [2.05, 4.69) is 21.9 Å². The average molecular weight is 390 g/mol. The summed E-state index contributed by atoms with van der Waals surface area (Å²) in [5.41, 5.74) is 3.73. The van der Waals surface area contributed by atoms with Gasteiger partial charge in [0.25, 0.3) is 0 Å². The molecule has 2 aliphatic rings. The van der Waals surface area contributed by atoms with Crippen molar-refractivity contribution in [2.24, 2.45) is 7.05 Å². The lowest BCUT2D eigenvalue weighted by molar-refractivity contribution is 0.503. The Kier molecular flexibility index (Phi) is 4.10. The summed E-state index contributed by atoms with van der Waals surface area (Å²) in [6.07, 6.45) is 6.31. The van der Waals surface area contributed by atoms with Crippen LogP contribution in [0.5, 0.6) is 0 Å². The molecule has 0 saturated carbocycles. The van der Waals surface area contributed by atoms with Gasteiger partial charge in [-0.25, -0.2) is 8.42 Å². The summed E-state index contributed by atoms with van der Waals surface area (Å²) in [5, 5.41) is 4.72. The predicted molar refractivity (Wildman–Crippen MR) is 102 cm³/mol. The number of halogens is 1. The van der Waals surface area contributed by atoms with Gasteiger partial charge in [0, 0.05) is 54.5 Å². The van der Waals surface area contributed by atoms with Crippen LogP contribution in [0.25, 0.3) is 10.9 Å². The van der Waals surface area contributed by atoms with Crippen LogP contribution in [0.3, 0.4) is 0 Å². The minimum Gasteiger partial charge on any atom is -0.347 e. The number of hydrogen-bond acceptors (Lipinski definition) is 4. The molecule has 4 heterocycles. The quantitative estimate of drug-likeness (QED) is 0.731. The molecule has 1 fully saturated rings. The zero-order valence-corrected chi connectivity index (χ0v) is 16.0. The molecule has 2 unspecified atom stereocenters. The van der Waals surface area contributed by atoms with Crippen LogP contribution in [0.1, 0.15) is 30.1 Å². The Morgan fingerprint density at radius 1 is 1.19 bits per heavy atom. The summed E-state index contributed by atoms with van der Waals surface area (Å²) < 4.78 is 28.1. The number of pyridine rings is 1. The Balaban J connectivity index is 0.00000168. The first-order valence-electron chi connectivity index (χ1n) is 8.58. The zero-order chi connectivity index (χ0) is 17.2. The van der Waals surface area contributed by atoms with E-state index in [0.29, 0.717) is 17.0 Å². The zero-order valence-electron chi connectivity index (χ0n) is 14.3. The highest BCUT2D eigenvalue weighted by molar-refractivity contribution is 7.91. The molecule has 2 atom stereocenters. The maximum absolute atomic E-state index is 12.9. The Bertz CT molecular complexity index is 1090. The SMILES string of the molecule is Cl.Cn1c2c(c3cc(S(=O)(=O)c4cccnc4)ccc31)C1CCC(C2)N1. The van der Waals surface area contributed by atoms with Crippen LogP contribution < -0.4 is 5.32 Å². The van der Waals surface area contributed by atoms with Gasteiger partial charge < -0.3 is 9.88 Å². The minimum absolute atomic E-state index is 0. The minimum atomic E-state index is -3.55. The second-order valence-corrected chi connectivity index (χ2v) is 8.94. The molecule has 7 heteroatoms. The molecule has 2 aliphatic heterocycles. The van der Waals surface area contributed by atoms with Gasteiger partial charge in [0.05, 0.1) is 9.79 Å². The number of sulfone groups is 1. The maximum atomic E-state index is 12.9. The van der Waals surface area contributed by atoms with Crippen molar-refractivity contribution in [3.8, 4) is 0 Å². The Hall–Kier alpha value is -1.89. The molecule has 1 saturated heterocycles. The number of hydrogen-bond donors (Lipinski definition) is 1. The summed E-state index contributed by atoms with van der Waals surface area (Å²) in [6.45, 7) is 0. The number of aromatic nitrogens is 2. The van der Waals surface area contributed by atoms with Crippen molar-refractivity contribution >= 4 is 33.1 Å². The molecule has 0 amide bonds. The second-order valence-electron chi connectivity index (χ2n) is 6.99. The van der Waals surface area contributed by atoms with Crippen molar-refractivity contribution < 1.29 is 8.42 Å². The average Bonchev–Trinajstić information content (AvgIpc) is 3.15. The number of benzene rings is 1. The lowest BCUT2D eigenvalue weighted by Gasteiger charge is -2.23. The van der Waals surface area contributed by atoms with Crippen LogP contribution in [0.4, 0.5) is 0 Å². The number of fused-ring (bicyclic) bond motifs is 6. The Labute approximate surface area is 158 Å². The lowest BCUT2D eigenvalue weighted by atomic mass is 9.99. The highest BCUT2D eigenvalue weighted by Crippen LogP contribution is 2.42. The smallest absolute Gasteiger partial charge is 0.208 e. The van der Waals surface area contributed by atoms with E-state index < -0.39 is 9.84 Å². The Morgan fingerprint density at radius 3 is 2.81 bits per heavy atom. The van der Waals surface area contributed by atoms with E-state index in [1.165, 1.54) is 23.9 Å². The van der Waals surface area contributed by atoms with E-state index in [0.717, 1.165) is 23.7 Å². The number of aryl methyl sites for hydroxylation is 1. The fourth-order valence-corrected chi connectivity index (χ4v) is 5.64. The van der Waals surface area contributed by atoms with E-state index in [-0.39, 0.29) is 17.3 Å². The van der Waals surface area contributed by atoms with E-state index in [1.54, 1.807) is 24.4 Å². The van der Waals surface area contributed by atoms with Gasteiger partial charge >= 0.3 is 0 Å². The fourth-order valence-electron chi connectivity index (χ4n) is 4.39. The number of nitrogens with one attached hydrogen (secondary N) is 1. The van der Waals surface area contributed by atoms with Gasteiger partial charge in [0.2, 0.25) is 9.84 Å². The van der Waals surface area contributed by atoms with Gasteiger partial charge in [-0.05, 0) is 48.7 Å². The first-order valence-corrected chi connectivity index (χ1v) is 10.1. The molecule has 136 valence electrons. The summed E-state index contributed by atoms with van der Waals surface area (Å²) in [6, 6.07) is 9.63. The van der Waals surface area contributed by atoms with Gasteiger partial charge in [-0.3, -0.25) is 4.98 Å². The van der Waals surface area contributed by atoms with Gasteiger partial charge in [-0.15, -0.1) is 12.4 Å². The predicted octanol–water partition coefficient (Wildman–Crippen LogP) is 3.18.